The van der Waals surface area contributed by atoms with Crippen molar-refractivity contribution in [2.24, 2.45) is 0 Å². The second-order valence-electron chi connectivity index (χ2n) is 2.22. The van der Waals surface area contributed by atoms with Crippen molar-refractivity contribution >= 4 is 31.9 Å². The van der Waals surface area contributed by atoms with E-state index in [4.69, 9.17) is 0 Å². The molecule has 0 spiro atoms. The summed E-state index contributed by atoms with van der Waals surface area (Å²) in [4.78, 5) is 0.750. The Morgan fingerprint density at radius 1 is 1.33 bits per heavy atom. The third-order valence-corrected chi connectivity index (χ3v) is 2.73. The number of hydrogen-bond donors (Lipinski definition) is 0. The highest BCUT2D eigenvalue weighted by atomic mass is 79.9. The highest BCUT2D eigenvalue weighted by molar-refractivity contribution is 9.09. The lowest BCUT2D eigenvalue weighted by Crippen LogP contribution is -1.96. The molecule has 0 aliphatic heterocycles. The van der Waals surface area contributed by atoms with Crippen LogP contribution < -0.4 is 0 Å². The van der Waals surface area contributed by atoms with Crippen LogP contribution in [0.4, 0.5) is 0 Å². The molecule has 0 aliphatic carbocycles. The van der Waals surface area contributed by atoms with Gasteiger partial charge in [0.1, 0.15) is 0 Å². The fraction of sp³-hybridized carbons (Fsp3) is 1.00. The molecule has 0 saturated heterocycles. The number of hydrogen-bond acceptors (Lipinski definition) is 0. The van der Waals surface area contributed by atoms with Crippen molar-refractivity contribution in [3.05, 3.63) is 0 Å². The molecular weight excluding hydrogens is 244 g/mol. The van der Waals surface area contributed by atoms with Crippen LogP contribution in [0.3, 0.4) is 0 Å². The van der Waals surface area contributed by atoms with Crippen molar-refractivity contribution in [1.29, 1.82) is 0 Å². The predicted octanol–water partition coefficient (Wildman–Crippen LogP) is 3.73. The van der Waals surface area contributed by atoms with Crippen LogP contribution in [0.1, 0.15) is 32.6 Å². The van der Waals surface area contributed by atoms with Crippen LogP contribution >= 0.6 is 31.9 Å². The third-order valence-electron chi connectivity index (χ3n) is 1.25. The van der Waals surface area contributed by atoms with Crippen LogP contribution in [0.5, 0.6) is 0 Å². The summed E-state index contributed by atoms with van der Waals surface area (Å²) < 4.78 is 0. The fourth-order valence-electron chi connectivity index (χ4n) is 0.756. The van der Waals surface area contributed by atoms with Gasteiger partial charge in [-0.3, -0.25) is 0 Å². The van der Waals surface area contributed by atoms with E-state index < -0.39 is 0 Å². The Hall–Kier alpha value is 0.960. The third kappa shape index (κ3) is 6.85. The van der Waals surface area contributed by atoms with Crippen LogP contribution in [0.2, 0.25) is 0 Å². The molecule has 0 saturated carbocycles. The molecule has 1 atom stereocenters. The lowest BCUT2D eigenvalue weighted by molar-refractivity contribution is 0.686. The maximum absolute atomic E-state index is 3.62. The summed E-state index contributed by atoms with van der Waals surface area (Å²) in [5, 5.41) is 1.14. The lowest BCUT2D eigenvalue weighted by atomic mass is 10.2. The largest absolute Gasteiger partial charge is 0.0928 e. The zero-order chi connectivity index (χ0) is 7.11. The van der Waals surface area contributed by atoms with E-state index in [-0.39, 0.29) is 0 Å². The normalized spacial score (nSPS) is 13.7. The van der Waals surface area contributed by atoms with Gasteiger partial charge in [0, 0.05) is 10.2 Å². The molecule has 2 heteroatoms. The minimum absolute atomic E-state index is 0.750. The number of halogens is 2. The second kappa shape index (κ2) is 7.07. The average molecular weight is 258 g/mol. The summed E-state index contributed by atoms with van der Waals surface area (Å²) in [7, 11) is 0. The van der Waals surface area contributed by atoms with E-state index >= 15 is 0 Å². The van der Waals surface area contributed by atoms with Gasteiger partial charge in [-0.1, -0.05) is 45.2 Å². The van der Waals surface area contributed by atoms with Crippen LogP contribution in [0.25, 0.3) is 0 Å². The van der Waals surface area contributed by atoms with Gasteiger partial charge in [-0.2, -0.15) is 0 Å². The van der Waals surface area contributed by atoms with Gasteiger partial charge in [0.15, 0.2) is 0 Å². The van der Waals surface area contributed by atoms with Gasteiger partial charge >= 0.3 is 0 Å². The van der Waals surface area contributed by atoms with Crippen LogP contribution in [0.15, 0.2) is 0 Å². The van der Waals surface area contributed by atoms with Crippen molar-refractivity contribution < 1.29 is 0 Å². The van der Waals surface area contributed by atoms with Crippen molar-refractivity contribution in [2.45, 2.75) is 37.4 Å². The summed E-state index contributed by atoms with van der Waals surface area (Å²) >= 11 is 7.03. The summed E-state index contributed by atoms with van der Waals surface area (Å²) in [6, 6.07) is 0. The van der Waals surface area contributed by atoms with Crippen molar-refractivity contribution in [1.82, 2.24) is 0 Å². The lowest BCUT2D eigenvalue weighted by Gasteiger charge is -2.04. The predicted molar refractivity (Wildman–Crippen MR) is 50.7 cm³/mol. The number of alkyl halides is 2. The molecule has 0 amide bonds. The van der Waals surface area contributed by atoms with Crippen molar-refractivity contribution in [3.63, 3.8) is 0 Å². The first-order chi connectivity index (χ1) is 4.31. The van der Waals surface area contributed by atoms with E-state index in [2.05, 4.69) is 38.8 Å². The van der Waals surface area contributed by atoms with Gasteiger partial charge in [-0.05, 0) is 19.3 Å². The van der Waals surface area contributed by atoms with E-state index in [0.29, 0.717) is 0 Å². The molecule has 1 unspecified atom stereocenters. The second-order valence-corrected chi connectivity index (χ2v) is 4.31. The Balaban J connectivity index is 2.95. The van der Waals surface area contributed by atoms with E-state index in [1.54, 1.807) is 0 Å². The molecular formula is C7H14Br2. The molecule has 56 valence electrons. The molecule has 0 aromatic carbocycles. The van der Waals surface area contributed by atoms with Gasteiger partial charge in [0.2, 0.25) is 0 Å². The molecule has 0 aromatic heterocycles. The van der Waals surface area contributed by atoms with E-state index in [0.717, 1.165) is 10.2 Å². The molecule has 0 radical (unpaired) electrons. The highest BCUT2D eigenvalue weighted by Crippen LogP contribution is 2.14. The Bertz CT molecular complexity index is 54.9. The Morgan fingerprint density at radius 2 is 2.00 bits per heavy atom. The number of rotatable bonds is 5. The molecule has 0 fully saturated rings. The maximum atomic E-state index is 3.62. The van der Waals surface area contributed by atoms with E-state index in [9.17, 15) is 0 Å². The smallest absolute Gasteiger partial charge is 0.0146 e. The zero-order valence-electron chi connectivity index (χ0n) is 5.87. The Morgan fingerprint density at radius 3 is 2.44 bits per heavy atom. The zero-order valence-corrected chi connectivity index (χ0v) is 9.04. The molecule has 0 aromatic rings. The van der Waals surface area contributed by atoms with Crippen molar-refractivity contribution in [2.75, 3.05) is 5.33 Å². The van der Waals surface area contributed by atoms with Crippen LogP contribution in [-0.4, -0.2) is 10.2 Å². The van der Waals surface area contributed by atoms with Gasteiger partial charge in [0.25, 0.3) is 0 Å². The quantitative estimate of drug-likeness (QED) is 0.659. The van der Waals surface area contributed by atoms with Crippen LogP contribution in [-0.2, 0) is 0 Å². The molecule has 0 rings (SSSR count). The molecule has 0 N–H and O–H groups in total. The van der Waals surface area contributed by atoms with Gasteiger partial charge in [-0.15, -0.1) is 0 Å². The first-order valence-electron chi connectivity index (χ1n) is 3.51. The maximum Gasteiger partial charge on any atom is 0.0146 e. The molecule has 0 bridgehead atoms. The first kappa shape index (κ1) is 9.96. The molecule has 9 heavy (non-hydrogen) atoms. The Kier molecular flexibility index (Phi) is 7.83. The van der Waals surface area contributed by atoms with Gasteiger partial charge in [0.05, 0.1) is 0 Å². The van der Waals surface area contributed by atoms with Crippen LogP contribution in [0, 0.1) is 0 Å². The van der Waals surface area contributed by atoms with E-state index in [1.807, 2.05) is 0 Å². The highest BCUT2D eigenvalue weighted by Gasteiger charge is 1.99. The van der Waals surface area contributed by atoms with E-state index in [1.165, 1.54) is 25.7 Å². The summed E-state index contributed by atoms with van der Waals surface area (Å²) in [5.41, 5.74) is 0. The molecule has 0 nitrogen and oxygen atoms in total. The Labute approximate surface area is 74.7 Å². The summed E-state index contributed by atoms with van der Waals surface area (Å²) in [5.74, 6) is 0. The monoisotopic (exact) mass is 256 g/mol. The minimum atomic E-state index is 0.750. The average Bonchev–Trinajstić information content (AvgIpc) is 1.85. The SMILES string of the molecule is CCCC(Br)CCCBr. The summed E-state index contributed by atoms with van der Waals surface area (Å²) in [6.07, 6.45) is 5.19. The summed E-state index contributed by atoms with van der Waals surface area (Å²) in [6.45, 7) is 2.22. The van der Waals surface area contributed by atoms with Crippen molar-refractivity contribution in [3.8, 4) is 0 Å². The molecule has 0 aliphatic rings. The van der Waals surface area contributed by atoms with Gasteiger partial charge in [-0.25, -0.2) is 0 Å². The standard InChI is InChI=1S/C7H14Br2/c1-2-4-7(9)5-3-6-8/h7H,2-6H2,1H3. The first-order valence-corrected chi connectivity index (χ1v) is 5.55. The van der Waals surface area contributed by atoms with Gasteiger partial charge < -0.3 is 0 Å². The molecule has 0 heterocycles. The minimum Gasteiger partial charge on any atom is -0.0928 e. The fourth-order valence-corrected chi connectivity index (χ4v) is 1.86. The topological polar surface area (TPSA) is 0 Å².